The maximum atomic E-state index is 14.5. The molecule has 16 N–H and O–H groups in total. The SMILES string of the molecule is CCCCCCCCCCCCCCCC(=O)NC(CNC(C)C(=O)NC(C(=O)NC(CC1CNCN1)C(=O)N(C)C(C)C(=O)NC(CC1C=CC(C)=CC1)C(O)CC(CCCNC(N)N)C(N)=O)C(C)C)CC1=NCNC1. The summed E-state index contributed by atoms with van der Waals surface area (Å²) in [7, 11) is 1.50. The number of carbonyl (C=O) groups is 6. The molecule has 78 heavy (non-hydrogen) atoms. The van der Waals surface area contributed by atoms with Crippen LogP contribution in [0.2, 0.25) is 0 Å². The molecule has 0 bridgehead atoms. The molecule has 1 fully saturated rings. The van der Waals surface area contributed by atoms with Crippen molar-refractivity contribution in [1.29, 1.82) is 0 Å². The number of nitrogens with zero attached hydrogens (tertiary/aromatic N) is 2. The molecule has 0 spiro atoms. The van der Waals surface area contributed by atoms with E-state index in [1.165, 1.54) is 76.2 Å². The van der Waals surface area contributed by atoms with E-state index in [1.807, 2.05) is 32.9 Å². The van der Waals surface area contributed by atoms with Gasteiger partial charge < -0.3 is 64.4 Å². The van der Waals surface area contributed by atoms with Crippen LogP contribution in [0.3, 0.4) is 0 Å². The molecule has 3 aliphatic rings. The number of likely N-dealkylation sites (N-methyl/N-ethyl adjacent to an activating group) is 1. The van der Waals surface area contributed by atoms with Gasteiger partial charge in [0, 0.05) is 69.9 Å². The van der Waals surface area contributed by atoms with E-state index < -0.39 is 78.1 Å². The van der Waals surface area contributed by atoms with Crippen LogP contribution < -0.4 is 65.1 Å². The normalized spacial score (nSPS) is 19.5. The summed E-state index contributed by atoms with van der Waals surface area (Å²) >= 11 is 0. The molecule has 21 nitrogen and oxygen atoms in total. The first kappa shape index (κ1) is 67.9. The summed E-state index contributed by atoms with van der Waals surface area (Å²) in [5.41, 5.74) is 19.1. The predicted molar refractivity (Wildman–Crippen MR) is 310 cm³/mol. The van der Waals surface area contributed by atoms with Crippen LogP contribution >= 0.6 is 0 Å². The molecule has 1 saturated heterocycles. The number of aliphatic hydroxyl groups excluding tert-OH is 1. The molecule has 21 heteroatoms. The highest BCUT2D eigenvalue weighted by molar-refractivity contribution is 5.95. The number of unbranched alkanes of at least 4 members (excludes halogenated alkanes) is 12. The summed E-state index contributed by atoms with van der Waals surface area (Å²) < 4.78 is 0. The van der Waals surface area contributed by atoms with Crippen molar-refractivity contribution in [3.05, 3.63) is 23.8 Å². The molecule has 6 amide bonds. The van der Waals surface area contributed by atoms with Crippen molar-refractivity contribution in [2.24, 2.45) is 39.9 Å². The van der Waals surface area contributed by atoms with E-state index in [9.17, 15) is 33.9 Å². The van der Waals surface area contributed by atoms with Gasteiger partial charge in [-0.1, -0.05) is 122 Å². The van der Waals surface area contributed by atoms with Gasteiger partial charge in [0.1, 0.15) is 24.4 Å². The Morgan fingerprint density at radius 1 is 0.821 bits per heavy atom. The van der Waals surface area contributed by atoms with Crippen molar-refractivity contribution in [2.45, 2.75) is 231 Å². The maximum Gasteiger partial charge on any atom is 0.245 e. The average molecular weight is 1100 g/mol. The zero-order chi connectivity index (χ0) is 57.4. The Morgan fingerprint density at radius 3 is 2.05 bits per heavy atom. The second-order valence-electron chi connectivity index (χ2n) is 22.8. The van der Waals surface area contributed by atoms with Crippen LogP contribution in [0.5, 0.6) is 0 Å². The minimum absolute atomic E-state index is 0.00576. The van der Waals surface area contributed by atoms with Gasteiger partial charge >= 0.3 is 0 Å². The molecule has 1 aliphatic carbocycles. The first-order valence-corrected chi connectivity index (χ1v) is 29.7. The number of hydrogen-bond acceptors (Lipinski definition) is 15. The molecule has 0 aromatic heterocycles. The van der Waals surface area contributed by atoms with E-state index >= 15 is 0 Å². The van der Waals surface area contributed by atoms with Crippen molar-refractivity contribution >= 4 is 41.2 Å². The Morgan fingerprint density at radius 2 is 1.49 bits per heavy atom. The lowest BCUT2D eigenvalue weighted by atomic mass is 9.85. The lowest BCUT2D eigenvalue weighted by Gasteiger charge is -2.34. The van der Waals surface area contributed by atoms with Crippen LogP contribution in [0.15, 0.2) is 28.8 Å². The summed E-state index contributed by atoms with van der Waals surface area (Å²) in [6.07, 6.45) is 23.4. The van der Waals surface area contributed by atoms with Crippen LogP contribution in [-0.2, 0) is 28.8 Å². The quantitative estimate of drug-likeness (QED) is 0.0309. The fourth-order valence-corrected chi connectivity index (χ4v) is 10.3. The van der Waals surface area contributed by atoms with Gasteiger partial charge in [0.2, 0.25) is 35.4 Å². The summed E-state index contributed by atoms with van der Waals surface area (Å²) in [5.74, 6) is -3.66. The lowest BCUT2D eigenvalue weighted by Crippen LogP contribution is -2.60. The van der Waals surface area contributed by atoms with E-state index in [-0.39, 0.29) is 42.7 Å². The molecule has 2 heterocycles. The van der Waals surface area contributed by atoms with E-state index in [0.717, 1.165) is 30.5 Å². The Bertz CT molecular complexity index is 1890. The van der Waals surface area contributed by atoms with E-state index in [0.29, 0.717) is 78.0 Å². The number of aliphatic hydroxyl groups is 1. The van der Waals surface area contributed by atoms with E-state index in [1.54, 1.807) is 13.8 Å². The van der Waals surface area contributed by atoms with Crippen molar-refractivity contribution in [3.63, 3.8) is 0 Å². The highest BCUT2D eigenvalue weighted by Crippen LogP contribution is 2.25. The Hall–Kier alpha value is -4.35. The fraction of sp³-hybridized carbons (Fsp3) is 0.807. The van der Waals surface area contributed by atoms with Gasteiger partial charge in [-0.25, -0.2) is 0 Å². The number of nitrogens with one attached hydrogen (secondary N) is 9. The van der Waals surface area contributed by atoms with Crippen molar-refractivity contribution in [2.75, 3.05) is 46.6 Å². The third kappa shape index (κ3) is 27.2. The molecular formula is C57H106N14O7. The lowest BCUT2D eigenvalue weighted by molar-refractivity contribution is -0.142. The van der Waals surface area contributed by atoms with Gasteiger partial charge in [0.05, 0.1) is 24.9 Å². The van der Waals surface area contributed by atoms with Gasteiger partial charge in [-0.2, -0.15) is 0 Å². The highest BCUT2D eigenvalue weighted by Gasteiger charge is 2.37. The van der Waals surface area contributed by atoms with Crippen LogP contribution in [0.25, 0.3) is 0 Å². The molecule has 0 saturated carbocycles. The van der Waals surface area contributed by atoms with E-state index in [2.05, 4.69) is 65.8 Å². The number of nitrogens with two attached hydrogens (primary N) is 3. The minimum atomic E-state index is -1.14. The molecule has 0 aromatic rings. The smallest absolute Gasteiger partial charge is 0.245 e. The van der Waals surface area contributed by atoms with E-state index in [4.69, 9.17) is 17.2 Å². The first-order valence-electron chi connectivity index (χ1n) is 29.7. The second-order valence-corrected chi connectivity index (χ2v) is 22.8. The summed E-state index contributed by atoms with van der Waals surface area (Å²) in [6, 6.07) is -5.14. The van der Waals surface area contributed by atoms with Gasteiger partial charge in [-0.05, 0) is 84.1 Å². The van der Waals surface area contributed by atoms with Gasteiger partial charge in [-0.15, -0.1) is 0 Å². The topological polar surface area (TPSA) is 325 Å². The summed E-state index contributed by atoms with van der Waals surface area (Å²) in [5, 5.41) is 39.6. The van der Waals surface area contributed by atoms with Crippen LogP contribution in [-0.4, -0.2) is 152 Å². The summed E-state index contributed by atoms with van der Waals surface area (Å²) in [4.78, 5) is 88.4. The third-order valence-electron chi connectivity index (χ3n) is 15.5. The zero-order valence-corrected chi connectivity index (χ0v) is 48.8. The largest absolute Gasteiger partial charge is 0.391 e. The second kappa shape index (κ2) is 38.3. The number of primary amides is 1. The maximum absolute atomic E-state index is 14.5. The molecule has 10 unspecified atom stereocenters. The highest BCUT2D eigenvalue weighted by atomic mass is 16.3. The van der Waals surface area contributed by atoms with Gasteiger partial charge in [0.15, 0.2) is 0 Å². The van der Waals surface area contributed by atoms with Crippen LogP contribution in [0, 0.1) is 17.8 Å². The van der Waals surface area contributed by atoms with Gasteiger partial charge in [-0.3, -0.25) is 44.4 Å². The zero-order valence-electron chi connectivity index (χ0n) is 48.8. The molecule has 2 aliphatic heterocycles. The fourth-order valence-electron chi connectivity index (χ4n) is 10.3. The molecule has 0 radical (unpaired) electrons. The molecule has 3 rings (SSSR count). The molecule has 10 atom stereocenters. The molecule has 0 aromatic carbocycles. The van der Waals surface area contributed by atoms with Crippen molar-refractivity contribution < 1.29 is 33.9 Å². The standard InChI is InChI=1S/C57H106N14O7/c1-8-9-10-11-12-13-14-15-16-17-18-19-20-23-50(73)67-46(31-44-33-61-36-65-44)35-64-40(5)53(75)70-51(38(2)3)55(77)69-48(32-45-34-62-37-66-45)56(78)71(7)41(6)54(76)68-47(29-42-26-24-39(4)25-27-42)49(72)30-43(52(58)74)22-21-28-63-57(59)60/h24-26,38,40-43,45-49,51,57,61-64,66,72H,8-23,27-37,59-60H2,1-7H3,(H2,58,74)(H,67,73)(H,68,76)(H,69,77)(H,70,75). The first-order chi connectivity index (χ1) is 37.3. The Kier molecular flexibility index (Phi) is 33.4. The number of aliphatic imine (C=N–C) groups is 1. The number of carbonyl (C=O) groups excluding carboxylic acids is 6. The number of amides is 6. The number of hydrogen-bond donors (Lipinski definition) is 13. The molecule has 446 valence electrons. The Labute approximate surface area is 467 Å². The number of rotatable bonds is 42. The van der Waals surface area contributed by atoms with Crippen LogP contribution in [0.1, 0.15) is 176 Å². The average Bonchev–Trinajstić information content (AvgIpc) is 4.13. The number of allylic oxidation sites excluding steroid dienone is 4. The van der Waals surface area contributed by atoms with Crippen molar-refractivity contribution in [1.82, 2.24) is 52.8 Å². The van der Waals surface area contributed by atoms with Crippen LogP contribution in [0.4, 0.5) is 0 Å². The molecular weight excluding hydrogens is 993 g/mol. The minimum Gasteiger partial charge on any atom is -0.391 e. The predicted octanol–water partition coefficient (Wildman–Crippen LogP) is 2.52. The summed E-state index contributed by atoms with van der Waals surface area (Å²) in [6.45, 7) is 14.1. The monoisotopic (exact) mass is 1100 g/mol. The Balaban J connectivity index is 1.62. The third-order valence-corrected chi connectivity index (χ3v) is 15.5. The van der Waals surface area contributed by atoms with Gasteiger partial charge in [0.25, 0.3) is 0 Å². The van der Waals surface area contributed by atoms with Crippen molar-refractivity contribution in [3.8, 4) is 0 Å².